The van der Waals surface area contributed by atoms with Gasteiger partial charge in [0.15, 0.2) is 6.61 Å². The zero-order valence-corrected chi connectivity index (χ0v) is 14.5. The summed E-state index contributed by atoms with van der Waals surface area (Å²) >= 11 is 0. The molecule has 3 amide bonds. The van der Waals surface area contributed by atoms with Crippen molar-refractivity contribution in [3.8, 4) is 0 Å². The van der Waals surface area contributed by atoms with Crippen molar-refractivity contribution in [2.45, 2.75) is 19.3 Å². The molecule has 1 aromatic rings. The molecule has 2 aliphatic rings. The molecule has 1 saturated heterocycles. The van der Waals surface area contributed by atoms with E-state index >= 15 is 0 Å². The number of ether oxygens (including phenoxy) is 1. The first-order valence-electron chi connectivity index (χ1n) is 8.67. The molecule has 0 radical (unpaired) electrons. The summed E-state index contributed by atoms with van der Waals surface area (Å²) in [4.78, 5) is 49.2. The van der Waals surface area contributed by atoms with E-state index in [0.717, 1.165) is 4.90 Å². The molecule has 2 atom stereocenters. The molecule has 8 heteroatoms. The lowest BCUT2D eigenvalue weighted by Gasteiger charge is -2.14. The van der Waals surface area contributed by atoms with Crippen LogP contribution in [-0.2, 0) is 23.9 Å². The van der Waals surface area contributed by atoms with E-state index in [1.54, 1.807) is 6.07 Å². The summed E-state index contributed by atoms with van der Waals surface area (Å²) in [6.45, 7) is -0.650. The molecule has 1 heterocycles. The molecule has 1 fully saturated rings. The first-order valence-corrected chi connectivity index (χ1v) is 8.67. The SMILES string of the molecule is O=C(COC(=O)CCN1C(=O)[C@@H]2CC=CC[C@H]2C1=O)Nc1ccccc1F. The highest BCUT2D eigenvalue weighted by Crippen LogP contribution is 2.34. The minimum atomic E-state index is -0.715. The van der Waals surface area contributed by atoms with Crippen molar-refractivity contribution in [3.63, 3.8) is 0 Å². The number of carbonyl (C=O) groups is 4. The number of nitrogens with one attached hydrogen (secondary N) is 1. The lowest BCUT2D eigenvalue weighted by Crippen LogP contribution is -2.33. The Hall–Kier alpha value is -3.03. The number of hydrogen-bond acceptors (Lipinski definition) is 5. The first kappa shape index (κ1) is 18.8. The molecule has 142 valence electrons. The Bertz CT molecular complexity index is 781. The number of carbonyl (C=O) groups excluding carboxylic acids is 4. The second-order valence-electron chi connectivity index (χ2n) is 6.42. The van der Waals surface area contributed by atoms with Gasteiger partial charge in [0.1, 0.15) is 5.82 Å². The molecule has 1 aliphatic heterocycles. The van der Waals surface area contributed by atoms with Crippen LogP contribution in [-0.4, -0.2) is 41.7 Å². The fourth-order valence-electron chi connectivity index (χ4n) is 3.26. The van der Waals surface area contributed by atoms with Gasteiger partial charge < -0.3 is 10.1 Å². The fraction of sp³-hybridized carbons (Fsp3) is 0.368. The molecular weight excluding hydrogens is 355 g/mol. The van der Waals surface area contributed by atoms with E-state index in [1.807, 2.05) is 12.2 Å². The number of likely N-dealkylation sites (tertiary alicyclic amines) is 1. The van der Waals surface area contributed by atoms with Gasteiger partial charge in [0.2, 0.25) is 11.8 Å². The quantitative estimate of drug-likeness (QED) is 0.464. The Balaban J connectivity index is 1.43. The number of imide groups is 1. The minimum absolute atomic E-state index is 0.0111. The van der Waals surface area contributed by atoms with E-state index < -0.39 is 24.3 Å². The van der Waals surface area contributed by atoms with E-state index in [0.29, 0.717) is 12.8 Å². The van der Waals surface area contributed by atoms with Crippen molar-refractivity contribution in [2.24, 2.45) is 11.8 Å². The third-order valence-electron chi connectivity index (χ3n) is 4.65. The highest BCUT2D eigenvalue weighted by Gasteiger charge is 2.46. The second kappa shape index (κ2) is 8.11. The fourth-order valence-corrected chi connectivity index (χ4v) is 3.26. The molecule has 1 aliphatic carbocycles. The Morgan fingerprint density at radius 2 is 1.74 bits per heavy atom. The lowest BCUT2D eigenvalue weighted by molar-refractivity contribution is -0.148. The maximum atomic E-state index is 13.4. The van der Waals surface area contributed by atoms with Gasteiger partial charge in [-0.25, -0.2) is 4.39 Å². The zero-order valence-electron chi connectivity index (χ0n) is 14.5. The van der Waals surface area contributed by atoms with Gasteiger partial charge in [0.25, 0.3) is 5.91 Å². The molecule has 1 aromatic carbocycles. The van der Waals surface area contributed by atoms with Crippen LogP contribution < -0.4 is 5.32 Å². The maximum Gasteiger partial charge on any atom is 0.308 e. The molecule has 0 aromatic heterocycles. The number of allylic oxidation sites excluding steroid dienone is 2. The molecule has 1 N–H and O–H groups in total. The molecule has 0 spiro atoms. The third-order valence-corrected chi connectivity index (χ3v) is 4.65. The van der Waals surface area contributed by atoms with Crippen LogP contribution in [0, 0.1) is 17.7 Å². The normalized spacial score (nSPS) is 21.1. The number of nitrogens with zero attached hydrogens (tertiary/aromatic N) is 1. The molecule has 0 unspecified atom stereocenters. The summed E-state index contributed by atoms with van der Waals surface area (Å²) in [7, 11) is 0. The maximum absolute atomic E-state index is 13.4. The molecule has 0 saturated carbocycles. The van der Waals surface area contributed by atoms with Crippen LogP contribution in [0.3, 0.4) is 0 Å². The van der Waals surface area contributed by atoms with Crippen molar-refractivity contribution < 1.29 is 28.3 Å². The van der Waals surface area contributed by atoms with Gasteiger partial charge in [-0.15, -0.1) is 0 Å². The molecule has 7 nitrogen and oxygen atoms in total. The van der Waals surface area contributed by atoms with Gasteiger partial charge >= 0.3 is 5.97 Å². The predicted octanol–water partition coefficient (Wildman–Crippen LogP) is 1.65. The van der Waals surface area contributed by atoms with Crippen LogP contribution in [0.5, 0.6) is 0 Å². The number of benzene rings is 1. The van der Waals surface area contributed by atoms with Crippen molar-refractivity contribution in [2.75, 3.05) is 18.5 Å². The number of fused-ring (bicyclic) bond motifs is 1. The number of amides is 3. The summed E-state index contributed by atoms with van der Waals surface area (Å²) in [6, 6.07) is 5.62. The van der Waals surface area contributed by atoms with Crippen molar-refractivity contribution >= 4 is 29.4 Å². The Kier molecular flexibility index (Phi) is 5.63. The number of rotatable bonds is 6. The van der Waals surface area contributed by atoms with Crippen LogP contribution in [0.1, 0.15) is 19.3 Å². The molecular formula is C19H19FN2O5. The van der Waals surface area contributed by atoms with Crippen molar-refractivity contribution in [3.05, 3.63) is 42.2 Å². The number of esters is 1. The summed E-state index contributed by atoms with van der Waals surface area (Å²) in [6.07, 6.45) is 4.65. The topological polar surface area (TPSA) is 92.8 Å². The number of para-hydroxylation sites is 1. The first-order chi connectivity index (χ1) is 13.0. The number of anilines is 1. The number of halogens is 1. The standard InChI is InChI=1S/C19H19FN2O5/c20-14-7-3-4-8-15(14)21-16(23)11-27-17(24)9-10-22-18(25)12-5-1-2-6-13(12)19(22)26/h1-4,7-8,12-13H,5-6,9-11H2,(H,21,23)/t12-,13-/m1/s1. The summed E-state index contributed by atoms with van der Waals surface area (Å²) in [5, 5.41) is 2.29. The monoisotopic (exact) mass is 374 g/mol. The Morgan fingerprint density at radius 3 is 2.37 bits per heavy atom. The average molecular weight is 374 g/mol. The molecule has 0 bridgehead atoms. The Morgan fingerprint density at radius 1 is 1.11 bits per heavy atom. The van der Waals surface area contributed by atoms with Crippen molar-refractivity contribution in [1.82, 2.24) is 4.90 Å². The average Bonchev–Trinajstić information content (AvgIpc) is 2.91. The van der Waals surface area contributed by atoms with Gasteiger partial charge in [-0.2, -0.15) is 0 Å². The highest BCUT2D eigenvalue weighted by molar-refractivity contribution is 6.05. The van der Waals surface area contributed by atoms with Gasteiger partial charge in [-0.05, 0) is 25.0 Å². The van der Waals surface area contributed by atoms with E-state index in [1.165, 1.54) is 18.2 Å². The lowest BCUT2D eigenvalue weighted by atomic mass is 9.85. The van der Waals surface area contributed by atoms with Gasteiger partial charge in [0.05, 0.1) is 23.9 Å². The minimum Gasteiger partial charge on any atom is -0.456 e. The predicted molar refractivity (Wildman–Crippen MR) is 92.7 cm³/mol. The molecule has 3 rings (SSSR count). The van der Waals surface area contributed by atoms with E-state index in [-0.39, 0.29) is 42.3 Å². The van der Waals surface area contributed by atoms with Gasteiger partial charge in [0, 0.05) is 6.54 Å². The van der Waals surface area contributed by atoms with Gasteiger partial charge in [-0.3, -0.25) is 24.1 Å². The molecule has 27 heavy (non-hydrogen) atoms. The number of hydrogen-bond donors (Lipinski definition) is 1. The van der Waals surface area contributed by atoms with E-state index in [9.17, 15) is 23.6 Å². The highest BCUT2D eigenvalue weighted by atomic mass is 19.1. The van der Waals surface area contributed by atoms with Crippen LogP contribution in [0.15, 0.2) is 36.4 Å². The zero-order chi connectivity index (χ0) is 19.4. The van der Waals surface area contributed by atoms with Crippen LogP contribution in [0.4, 0.5) is 10.1 Å². The van der Waals surface area contributed by atoms with E-state index in [2.05, 4.69) is 5.32 Å². The van der Waals surface area contributed by atoms with Gasteiger partial charge in [-0.1, -0.05) is 24.3 Å². The summed E-state index contributed by atoms with van der Waals surface area (Å²) < 4.78 is 18.3. The van der Waals surface area contributed by atoms with Crippen molar-refractivity contribution in [1.29, 1.82) is 0 Å². The van der Waals surface area contributed by atoms with Crippen LogP contribution in [0.2, 0.25) is 0 Å². The van der Waals surface area contributed by atoms with Crippen LogP contribution in [0.25, 0.3) is 0 Å². The smallest absolute Gasteiger partial charge is 0.308 e. The Labute approximate surface area is 155 Å². The van der Waals surface area contributed by atoms with E-state index in [4.69, 9.17) is 4.74 Å². The van der Waals surface area contributed by atoms with Crippen LogP contribution >= 0.6 is 0 Å². The summed E-state index contributed by atoms with van der Waals surface area (Å²) in [5.41, 5.74) is -0.0111. The third kappa shape index (κ3) is 4.21. The largest absolute Gasteiger partial charge is 0.456 e. The summed E-state index contributed by atoms with van der Waals surface area (Å²) in [5.74, 6) is -3.21. The second-order valence-corrected chi connectivity index (χ2v) is 6.42.